The largest absolute Gasteiger partial charge is 0.380 e. The summed E-state index contributed by atoms with van der Waals surface area (Å²) >= 11 is 1.73. The number of hydrogen-bond donors (Lipinski definition) is 2. The summed E-state index contributed by atoms with van der Waals surface area (Å²) in [6.45, 7) is 12.1. The van der Waals surface area contributed by atoms with Crippen molar-refractivity contribution in [3.63, 3.8) is 0 Å². The maximum atomic E-state index is 13.2. The molecule has 0 fully saturated rings. The SMILES string of the molecule is CCCOCCNC(=O)[C@H](CC(C)C)NC(=O)c1ccc2c(c1)nc(Cc1cccs1)n2C(CC)CC. The molecule has 0 aliphatic carbocycles. The highest BCUT2D eigenvalue weighted by Crippen LogP contribution is 2.28. The van der Waals surface area contributed by atoms with E-state index in [1.165, 1.54) is 4.88 Å². The Bertz CT molecular complexity index is 1140. The lowest BCUT2D eigenvalue weighted by atomic mass is 10.0. The van der Waals surface area contributed by atoms with Gasteiger partial charge in [-0.05, 0) is 61.2 Å². The second-order valence-corrected chi connectivity index (χ2v) is 10.9. The quantitative estimate of drug-likeness (QED) is 0.247. The normalized spacial score (nSPS) is 12.4. The van der Waals surface area contributed by atoms with Gasteiger partial charge in [-0.1, -0.05) is 40.7 Å². The summed E-state index contributed by atoms with van der Waals surface area (Å²) in [5, 5.41) is 7.94. The number of carbonyl (C=O) groups excluding carboxylic acids is 2. The van der Waals surface area contributed by atoms with Gasteiger partial charge < -0.3 is 19.9 Å². The van der Waals surface area contributed by atoms with Crippen molar-refractivity contribution in [2.45, 2.75) is 78.8 Å². The molecule has 2 heterocycles. The molecule has 0 radical (unpaired) electrons. The first-order valence-corrected chi connectivity index (χ1v) is 14.4. The van der Waals surface area contributed by atoms with E-state index < -0.39 is 6.04 Å². The van der Waals surface area contributed by atoms with Gasteiger partial charge >= 0.3 is 0 Å². The number of imidazole rings is 1. The fraction of sp³-hybridized carbons (Fsp3) is 0.552. The number of thiophene rings is 1. The molecule has 0 spiro atoms. The van der Waals surface area contributed by atoms with Gasteiger partial charge in [-0.15, -0.1) is 11.3 Å². The fourth-order valence-electron chi connectivity index (χ4n) is 4.61. The number of hydrogen-bond acceptors (Lipinski definition) is 5. The van der Waals surface area contributed by atoms with Gasteiger partial charge in [-0.25, -0.2) is 4.98 Å². The molecular weight excluding hydrogens is 484 g/mol. The molecule has 1 atom stereocenters. The van der Waals surface area contributed by atoms with E-state index in [9.17, 15) is 9.59 Å². The van der Waals surface area contributed by atoms with E-state index in [0.29, 0.717) is 37.8 Å². The molecule has 2 N–H and O–H groups in total. The van der Waals surface area contributed by atoms with E-state index in [-0.39, 0.29) is 17.7 Å². The molecule has 1 aromatic carbocycles. The van der Waals surface area contributed by atoms with E-state index in [1.54, 1.807) is 11.3 Å². The summed E-state index contributed by atoms with van der Waals surface area (Å²) in [6, 6.07) is 9.63. The van der Waals surface area contributed by atoms with E-state index in [1.807, 2.05) is 39.0 Å². The average Bonchev–Trinajstić information content (AvgIpc) is 3.51. The number of rotatable bonds is 15. The van der Waals surface area contributed by atoms with Crippen LogP contribution in [0.5, 0.6) is 0 Å². The maximum Gasteiger partial charge on any atom is 0.252 e. The lowest BCUT2D eigenvalue weighted by Crippen LogP contribution is -2.48. The molecule has 3 aromatic rings. The summed E-state index contributed by atoms with van der Waals surface area (Å²) in [4.78, 5) is 32.3. The third kappa shape index (κ3) is 7.89. The van der Waals surface area contributed by atoms with Crippen molar-refractivity contribution in [1.82, 2.24) is 20.2 Å². The zero-order chi connectivity index (χ0) is 26.8. The van der Waals surface area contributed by atoms with Gasteiger partial charge in [0.15, 0.2) is 0 Å². The Morgan fingerprint density at radius 2 is 1.89 bits per heavy atom. The number of benzene rings is 1. The van der Waals surface area contributed by atoms with Crippen molar-refractivity contribution < 1.29 is 14.3 Å². The molecule has 8 heteroatoms. The number of fused-ring (bicyclic) bond motifs is 1. The van der Waals surface area contributed by atoms with Crippen LogP contribution in [0.2, 0.25) is 0 Å². The number of aromatic nitrogens is 2. The first kappa shape index (κ1) is 28.9. The van der Waals surface area contributed by atoms with Crippen LogP contribution in [0, 0.1) is 5.92 Å². The lowest BCUT2D eigenvalue weighted by Gasteiger charge is -2.20. The minimum absolute atomic E-state index is 0.181. The Hall–Kier alpha value is -2.71. The number of amides is 2. The fourth-order valence-corrected chi connectivity index (χ4v) is 5.31. The highest BCUT2D eigenvalue weighted by atomic mass is 32.1. The number of ether oxygens (including phenoxy) is 1. The zero-order valence-corrected chi connectivity index (χ0v) is 23.7. The molecule has 202 valence electrons. The van der Waals surface area contributed by atoms with Crippen molar-refractivity contribution in [2.24, 2.45) is 5.92 Å². The van der Waals surface area contributed by atoms with Crippen molar-refractivity contribution in [3.05, 3.63) is 52.0 Å². The summed E-state index contributed by atoms with van der Waals surface area (Å²) < 4.78 is 7.79. The molecule has 0 bridgehead atoms. The number of carbonyl (C=O) groups is 2. The van der Waals surface area contributed by atoms with Crippen LogP contribution < -0.4 is 10.6 Å². The third-order valence-corrected chi connectivity index (χ3v) is 7.34. The van der Waals surface area contributed by atoms with Crippen LogP contribution in [0.25, 0.3) is 11.0 Å². The Morgan fingerprint density at radius 3 is 2.54 bits per heavy atom. The van der Waals surface area contributed by atoms with Crippen LogP contribution >= 0.6 is 11.3 Å². The molecule has 2 aromatic heterocycles. The van der Waals surface area contributed by atoms with Crippen LogP contribution in [-0.2, 0) is 16.0 Å². The molecule has 3 rings (SSSR count). The summed E-state index contributed by atoms with van der Waals surface area (Å²) in [7, 11) is 0. The summed E-state index contributed by atoms with van der Waals surface area (Å²) in [6.07, 6.45) is 4.29. The third-order valence-electron chi connectivity index (χ3n) is 6.47. The highest BCUT2D eigenvalue weighted by Gasteiger charge is 2.24. The first-order chi connectivity index (χ1) is 17.9. The molecule has 0 aliphatic heterocycles. The maximum absolute atomic E-state index is 13.2. The smallest absolute Gasteiger partial charge is 0.252 e. The van der Waals surface area contributed by atoms with E-state index in [2.05, 4.69) is 46.6 Å². The van der Waals surface area contributed by atoms with Crippen LogP contribution in [0.3, 0.4) is 0 Å². The minimum Gasteiger partial charge on any atom is -0.380 e. The van der Waals surface area contributed by atoms with Crippen molar-refractivity contribution in [3.8, 4) is 0 Å². The van der Waals surface area contributed by atoms with Gasteiger partial charge in [0.2, 0.25) is 5.91 Å². The predicted octanol–water partition coefficient (Wildman–Crippen LogP) is 5.74. The Balaban J connectivity index is 1.81. The van der Waals surface area contributed by atoms with Crippen LogP contribution in [0.15, 0.2) is 35.7 Å². The summed E-state index contributed by atoms with van der Waals surface area (Å²) in [5.74, 6) is 0.831. The molecule has 0 unspecified atom stereocenters. The van der Waals surface area contributed by atoms with E-state index in [0.717, 1.165) is 42.5 Å². The average molecular weight is 527 g/mol. The first-order valence-electron chi connectivity index (χ1n) is 13.6. The van der Waals surface area contributed by atoms with Crippen LogP contribution in [0.1, 0.15) is 87.4 Å². The molecule has 37 heavy (non-hydrogen) atoms. The lowest BCUT2D eigenvalue weighted by molar-refractivity contribution is -0.123. The molecular formula is C29H42N4O3S. The summed E-state index contributed by atoms with van der Waals surface area (Å²) in [5.41, 5.74) is 2.36. The van der Waals surface area contributed by atoms with Gasteiger partial charge in [0.05, 0.1) is 17.6 Å². The Morgan fingerprint density at radius 1 is 1.11 bits per heavy atom. The molecule has 0 saturated carbocycles. The zero-order valence-electron chi connectivity index (χ0n) is 22.9. The van der Waals surface area contributed by atoms with Gasteiger partial charge in [-0.3, -0.25) is 9.59 Å². The second kappa shape index (κ2) is 14.3. The van der Waals surface area contributed by atoms with Gasteiger partial charge in [-0.2, -0.15) is 0 Å². The topological polar surface area (TPSA) is 85.2 Å². The van der Waals surface area contributed by atoms with E-state index >= 15 is 0 Å². The standard InChI is InChI=1S/C29H42N4O3S/c1-6-14-36-15-13-30-29(35)25(17-20(4)5)32-28(34)21-11-12-26-24(18-21)31-27(19-23-10-9-16-37-23)33(26)22(7-2)8-3/h9-12,16,18,20,22,25H,6-8,13-15,17,19H2,1-5H3,(H,30,35)(H,32,34)/t25-/m0/s1. The van der Waals surface area contributed by atoms with Gasteiger partial charge in [0.1, 0.15) is 11.9 Å². The molecule has 2 amide bonds. The predicted molar refractivity (Wildman–Crippen MR) is 151 cm³/mol. The van der Waals surface area contributed by atoms with Crippen molar-refractivity contribution in [1.29, 1.82) is 0 Å². The monoisotopic (exact) mass is 526 g/mol. The van der Waals surface area contributed by atoms with Crippen LogP contribution in [-0.4, -0.2) is 47.2 Å². The van der Waals surface area contributed by atoms with Crippen molar-refractivity contribution >= 4 is 34.2 Å². The Labute approximate surface area is 225 Å². The van der Waals surface area contributed by atoms with Crippen LogP contribution in [0.4, 0.5) is 0 Å². The van der Waals surface area contributed by atoms with Gasteiger partial charge in [0.25, 0.3) is 5.91 Å². The van der Waals surface area contributed by atoms with Gasteiger partial charge in [0, 0.05) is 36.1 Å². The Kier molecular flexibility index (Phi) is 11.1. The molecule has 0 saturated heterocycles. The second-order valence-electron chi connectivity index (χ2n) is 9.89. The molecule has 7 nitrogen and oxygen atoms in total. The van der Waals surface area contributed by atoms with E-state index in [4.69, 9.17) is 9.72 Å². The highest BCUT2D eigenvalue weighted by molar-refractivity contribution is 7.09. The number of nitrogens with zero attached hydrogens (tertiary/aromatic N) is 2. The molecule has 0 aliphatic rings. The van der Waals surface area contributed by atoms with Crippen molar-refractivity contribution in [2.75, 3.05) is 19.8 Å². The minimum atomic E-state index is -0.606. The number of nitrogens with one attached hydrogen (secondary N) is 2.